The number of morpholine rings is 1. The van der Waals surface area contributed by atoms with E-state index in [4.69, 9.17) is 4.74 Å². The van der Waals surface area contributed by atoms with Gasteiger partial charge in [0.15, 0.2) is 0 Å². The molecule has 0 amide bonds. The number of hydrogen-bond acceptors (Lipinski definition) is 2. The second-order valence-electron chi connectivity index (χ2n) is 3.27. The summed E-state index contributed by atoms with van der Waals surface area (Å²) in [5.74, 6) is 0. The van der Waals surface area contributed by atoms with Gasteiger partial charge in [-0.05, 0) is 19.9 Å². The van der Waals surface area contributed by atoms with Gasteiger partial charge in [0.2, 0.25) is 0 Å². The quantitative estimate of drug-likeness (QED) is 0.578. The zero-order valence-corrected chi connectivity index (χ0v) is 9.89. The van der Waals surface area contributed by atoms with Crippen molar-refractivity contribution in [2.45, 2.75) is 46.1 Å². The monoisotopic (exact) mass is 187 g/mol. The molecule has 1 saturated carbocycles. The zero-order valence-electron chi connectivity index (χ0n) is 9.89. The molecule has 2 heteroatoms. The van der Waals surface area contributed by atoms with Crippen LogP contribution in [0.4, 0.5) is 0 Å². The Morgan fingerprint density at radius 2 is 1.62 bits per heavy atom. The summed E-state index contributed by atoms with van der Waals surface area (Å²) in [6.07, 6.45) is 2.58. The molecule has 0 unspecified atom stereocenters. The molecule has 0 radical (unpaired) electrons. The Kier molecular flexibility index (Phi) is 6.35. The lowest BCUT2D eigenvalue weighted by Crippen LogP contribution is -2.41. The predicted octanol–water partition coefficient (Wildman–Crippen LogP) is 2.53. The summed E-state index contributed by atoms with van der Waals surface area (Å²) in [4.78, 5) is 2.36. The minimum atomic E-state index is 0.326. The lowest BCUT2D eigenvalue weighted by molar-refractivity contribution is -0.0374. The van der Waals surface area contributed by atoms with Crippen LogP contribution in [0.25, 0.3) is 0 Å². The molecule has 13 heavy (non-hydrogen) atoms. The fourth-order valence-corrected chi connectivity index (χ4v) is 1.48. The van der Waals surface area contributed by atoms with Crippen molar-refractivity contribution in [3.05, 3.63) is 0 Å². The number of likely N-dealkylation sites (N-methyl/N-ethyl adjacent to an activating group) is 1. The van der Waals surface area contributed by atoms with Crippen LogP contribution in [0.15, 0.2) is 0 Å². The third-order valence-corrected chi connectivity index (χ3v) is 2.25. The van der Waals surface area contributed by atoms with Crippen LogP contribution in [0.5, 0.6) is 0 Å². The maximum Gasteiger partial charge on any atom is 0.0811 e. The molecule has 0 bridgehead atoms. The standard InChI is InChI=1S/C7H13NO.2C2H6/c1-8-4-5-9-7(6-8)2-3-7;2*1-2/h2-6H2,1H3;2*1-2H3. The summed E-state index contributed by atoms with van der Waals surface area (Å²) in [5.41, 5.74) is 0.326. The highest BCUT2D eigenvalue weighted by Gasteiger charge is 2.46. The molecule has 2 rings (SSSR count). The van der Waals surface area contributed by atoms with Crippen molar-refractivity contribution in [1.29, 1.82) is 0 Å². The molecular formula is C11H25NO. The van der Waals surface area contributed by atoms with Crippen LogP contribution in [0.3, 0.4) is 0 Å². The average Bonchev–Trinajstić information content (AvgIpc) is 2.91. The van der Waals surface area contributed by atoms with Crippen molar-refractivity contribution in [2.75, 3.05) is 26.7 Å². The first kappa shape index (κ1) is 12.9. The number of nitrogens with zero attached hydrogens (tertiary/aromatic N) is 1. The van der Waals surface area contributed by atoms with Crippen LogP contribution in [0, 0.1) is 0 Å². The van der Waals surface area contributed by atoms with E-state index in [1.54, 1.807) is 0 Å². The first-order valence-corrected chi connectivity index (χ1v) is 5.63. The van der Waals surface area contributed by atoms with E-state index in [9.17, 15) is 0 Å². The smallest absolute Gasteiger partial charge is 0.0811 e. The first-order chi connectivity index (χ1) is 6.31. The van der Waals surface area contributed by atoms with Crippen LogP contribution < -0.4 is 0 Å². The summed E-state index contributed by atoms with van der Waals surface area (Å²) in [5, 5.41) is 0. The summed E-state index contributed by atoms with van der Waals surface area (Å²) >= 11 is 0. The van der Waals surface area contributed by atoms with Crippen LogP contribution in [-0.2, 0) is 4.74 Å². The summed E-state index contributed by atoms with van der Waals surface area (Å²) in [7, 11) is 2.17. The minimum absolute atomic E-state index is 0.326. The van der Waals surface area contributed by atoms with Crippen LogP contribution in [-0.4, -0.2) is 37.2 Å². The van der Waals surface area contributed by atoms with Crippen LogP contribution >= 0.6 is 0 Å². The van der Waals surface area contributed by atoms with E-state index in [0.717, 1.165) is 19.7 Å². The average molecular weight is 187 g/mol. The lowest BCUT2D eigenvalue weighted by atomic mass is 10.3. The fraction of sp³-hybridized carbons (Fsp3) is 1.00. The van der Waals surface area contributed by atoms with Gasteiger partial charge in [-0.2, -0.15) is 0 Å². The third kappa shape index (κ3) is 4.10. The molecule has 80 valence electrons. The zero-order chi connectivity index (χ0) is 10.3. The Bertz CT molecular complexity index is 121. The van der Waals surface area contributed by atoms with Crippen molar-refractivity contribution in [1.82, 2.24) is 4.90 Å². The predicted molar refractivity (Wildman–Crippen MR) is 58.1 cm³/mol. The molecule has 0 aromatic carbocycles. The number of hydrogen-bond donors (Lipinski definition) is 0. The lowest BCUT2D eigenvalue weighted by Gasteiger charge is -2.29. The van der Waals surface area contributed by atoms with Gasteiger partial charge in [0.25, 0.3) is 0 Å². The van der Waals surface area contributed by atoms with Crippen molar-refractivity contribution in [2.24, 2.45) is 0 Å². The molecule has 0 N–H and O–H groups in total. The molecule has 1 spiro atoms. The van der Waals surface area contributed by atoms with E-state index in [2.05, 4.69) is 11.9 Å². The van der Waals surface area contributed by atoms with Gasteiger partial charge in [-0.25, -0.2) is 0 Å². The second kappa shape index (κ2) is 6.39. The van der Waals surface area contributed by atoms with Gasteiger partial charge in [-0.15, -0.1) is 0 Å². The van der Waals surface area contributed by atoms with Crippen molar-refractivity contribution in [3.63, 3.8) is 0 Å². The van der Waals surface area contributed by atoms with E-state index in [1.807, 2.05) is 27.7 Å². The van der Waals surface area contributed by atoms with Crippen LogP contribution in [0.1, 0.15) is 40.5 Å². The molecule has 2 aliphatic rings. The Morgan fingerprint density at radius 3 is 1.92 bits per heavy atom. The van der Waals surface area contributed by atoms with E-state index in [1.165, 1.54) is 12.8 Å². The Morgan fingerprint density at radius 1 is 1.08 bits per heavy atom. The summed E-state index contributed by atoms with van der Waals surface area (Å²) in [6, 6.07) is 0. The Hall–Kier alpha value is -0.0800. The fourth-order valence-electron chi connectivity index (χ4n) is 1.48. The molecule has 0 aromatic heterocycles. The molecule has 1 aliphatic carbocycles. The number of rotatable bonds is 0. The normalized spacial score (nSPS) is 23.8. The van der Waals surface area contributed by atoms with Gasteiger partial charge in [0.05, 0.1) is 12.2 Å². The maximum atomic E-state index is 5.61. The van der Waals surface area contributed by atoms with Crippen LogP contribution in [0.2, 0.25) is 0 Å². The first-order valence-electron chi connectivity index (χ1n) is 5.63. The molecule has 2 fully saturated rings. The molecule has 1 heterocycles. The maximum absolute atomic E-state index is 5.61. The third-order valence-electron chi connectivity index (χ3n) is 2.25. The summed E-state index contributed by atoms with van der Waals surface area (Å²) < 4.78 is 5.61. The van der Waals surface area contributed by atoms with Gasteiger partial charge in [0.1, 0.15) is 0 Å². The highest BCUT2D eigenvalue weighted by Crippen LogP contribution is 2.41. The van der Waals surface area contributed by atoms with E-state index >= 15 is 0 Å². The Balaban J connectivity index is 0.000000322. The largest absolute Gasteiger partial charge is 0.372 e. The van der Waals surface area contributed by atoms with Gasteiger partial charge in [-0.3, -0.25) is 0 Å². The van der Waals surface area contributed by atoms with Gasteiger partial charge in [0, 0.05) is 13.1 Å². The molecule has 2 nitrogen and oxygen atoms in total. The summed E-state index contributed by atoms with van der Waals surface area (Å²) in [6.45, 7) is 11.2. The van der Waals surface area contributed by atoms with Gasteiger partial charge < -0.3 is 9.64 Å². The van der Waals surface area contributed by atoms with Gasteiger partial charge in [-0.1, -0.05) is 27.7 Å². The van der Waals surface area contributed by atoms with E-state index < -0.39 is 0 Å². The molecule has 1 aliphatic heterocycles. The number of ether oxygens (including phenoxy) is 1. The topological polar surface area (TPSA) is 12.5 Å². The SMILES string of the molecule is CC.CC.CN1CCOC2(CC2)C1. The molecule has 0 atom stereocenters. The van der Waals surface area contributed by atoms with Crippen molar-refractivity contribution >= 4 is 0 Å². The Labute approximate surface area is 83.3 Å². The van der Waals surface area contributed by atoms with Crippen molar-refractivity contribution < 1.29 is 4.74 Å². The molecule has 1 saturated heterocycles. The molecular weight excluding hydrogens is 162 g/mol. The second-order valence-corrected chi connectivity index (χ2v) is 3.27. The van der Waals surface area contributed by atoms with E-state index in [-0.39, 0.29) is 0 Å². The van der Waals surface area contributed by atoms with Crippen molar-refractivity contribution in [3.8, 4) is 0 Å². The molecule has 0 aromatic rings. The minimum Gasteiger partial charge on any atom is -0.372 e. The highest BCUT2D eigenvalue weighted by atomic mass is 16.5. The van der Waals surface area contributed by atoms with E-state index in [0.29, 0.717) is 5.60 Å². The van der Waals surface area contributed by atoms with Gasteiger partial charge >= 0.3 is 0 Å². The highest BCUT2D eigenvalue weighted by molar-refractivity contribution is 4.99.